The molecule has 0 radical (unpaired) electrons. The van der Waals surface area contributed by atoms with Crippen molar-refractivity contribution in [2.75, 3.05) is 0 Å². The fourth-order valence-corrected chi connectivity index (χ4v) is 3.06. The first-order chi connectivity index (χ1) is 14.7. The van der Waals surface area contributed by atoms with Crippen LogP contribution in [0.4, 0.5) is 13.2 Å². The fourth-order valence-electron chi connectivity index (χ4n) is 3.06. The van der Waals surface area contributed by atoms with Gasteiger partial charge in [-0.15, -0.1) is 0 Å². The van der Waals surface area contributed by atoms with E-state index in [1.165, 1.54) is 17.6 Å². The number of halogens is 3. The summed E-state index contributed by atoms with van der Waals surface area (Å²) in [5, 5.41) is 8.71. The Morgan fingerprint density at radius 3 is 2.58 bits per heavy atom. The van der Waals surface area contributed by atoms with E-state index in [1.807, 2.05) is 6.07 Å². The zero-order valence-corrected chi connectivity index (χ0v) is 16.5. The number of aryl methyl sites for hydroxylation is 1. The number of nitriles is 1. The molecule has 3 rings (SSSR count). The van der Waals surface area contributed by atoms with Gasteiger partial charge in [-0.05, 0) is 30.7 Å². The number of fused-ring (bicyclic) bond motifs is 1. The summed E-state index contributed by atoms with van der Waals surface area (Å²) in [6.45, 7) is 1.53. The van der Waals surface area contributed by atoms with Gasteiger partial charge in [0.2, 0.25) is 0 Å². The van der Waals surface area contributed by atoms with Crippen LogP contribution in [0.3, 0.4) is 0 Å². The maximum Gasteiger partial charge on any atom is 0.416 e. The second-order valence-corrected chi connectivity index (χ2v) is 6.90. The molecule has 0 saturated carbocycles. The van der Waals surface area contributed by atoms with Gasteiger partial charge in [0.25, 0.3) is 5.56 Å². The topological polar surface area (TPSA) is 85.0 Å². The summed E-state index contributed by atoms with van der Waals surface area (Å²) in [4.78, 5) is 29.0. The molecule has 1 aromatic heterocycles. The van der Waals surface area contributed by atoms with E-state index in [2.05, 4.69) is 4.98 Å². The van der Waals surface area contributed by atoms with Crippen molar-refractivity contribution in [3.8, 4) is 6.07 Å². The van der Waals surface area contributed by atoms with Crippen molar-refractivity contribution in [2.24, 2.45) is 0 Å². The van der Waals surface area contributed by atoms with Crippen molar-refractivity contribution in [3.05, 3.63) is 75.7 Å². The normalized spacial score (nSPS) is 12.4. The molecule has 3 aromatic rings. The van der Waals surface area contributed by atoms with Crippen LogP contribution in [0.25, 0.3) is 11.0 Å². The zero-order chi connectivity index (χ0) is 22.6. The Balaban J connectivity index is 2.04. The molecule has 6 nitrogen and oxygen atoms in total. The number of carbonyl (C=O) groups excluding carboxylic acids is 1. The Labute approximate surface area is 175 Å². The molecule has 2 aromatic carbocycles. The molecule has 1 unspecified atom stereocenters. The second kappa shape index (κ2) is 9.00. The molecule has 0 aliphatic heterocycles. The molecule has 9 heteroatoms. The molecular weight excluding hydrogens is 411 g/mol. The number of esters is 1. The van der Waals surface area contributed by atoms with E-state index >= 15 is 0 Å². The largest absolute Gasteiger partial charge is 0.447 e. The Hall–Kier alpha value is -3.67. The van der Waals surface area contributed by atoms with Gasteiger partial charge in [0, 0.05) is 6.42 Å². The van der Waals surface area contributed by atoms with Crippen LogP contribution >= 0.6 is 0 Å². The van der Waals surface area contributed by atoms with Crippen LogP contribution in [0.15, 0.2) is 53.3 Å². The minimum absolute atomic E-state index is 0.000818. The number of rotatable bonds is 6. The number of carbonyl (C=O) groups is 1. The monoisotopic (exact) mass is 429 g/mol. The van der Waals surface area contributed by atoms with Crippen molar-refractivity contribution >= 4 is 17.0 Å². The summed E-state index contributed by atoms with van der Waals surface area (Å²) < 4.78 is 45.7. The SMILES string of the molecule is CC(C#N)OC(=O)CCc1nc2cc(C(F)(F)F)ccc2n(Cc2ccccc2)c1=O. The summed E-state index contributed by atoms with van der Waals surface area (Å²) in [7, 11) is 0. The van der Waals surface area contributed by atoms with E-state index in [0.29, 0.717) is 0 Å². The highest BCUT2D eigenvalue weighted by atomic mass is 19.4. The predicted molar refractivity (Wildman–Crippen MR) is 106 cm³/mol. The van der Waals surface area contributed by atoms with Gasteiger partial charge in [0.1, 0.15) is 11.8 Å². The average molecular weight is 429 g/mol. The van der Waals surface area contributed by atoms with Crippen LogP contribution in [0.5, 0.6) is 0 Å². The third-order valence-electron chi connectivity index (χ3n) is 4.58. The molecule has 1 heterocycles. The lowest BCUT2D eigenvalue weighted by molar-refractivity contribution is -0.145. The molecule has 0 fully saturated rings. The quantitative estimate of drug-likeness (QED) is 0.556. The molecule has 0 aliphatic carbocycles. The van der Waals surface area contributed by atoms with Gasteiger partial charge in [-0.3, -0.25) is 9.59 Å². The van der Waals surface area contributed by atoms with Gasteiger partial charge >= 0.3 is 12.1 Å². The standard InChI is InChI=1S/C22H18F3N3O3/c1-14(12-26)31-20(29)10-8-17-21(30)28(13-15-5-3-2-4-6-15)19-9-7-16(22(23,24)25)11-18(19)27-17/h2-7,9,11,14H,8,10,13H2,1H3. The minimum Gasteiger partial charge on any atom is -0.447 e. The van der Waals surface area contributed by atoms with Crippen molar-refractivity contribution < 1.29 is 22.7 Å². The number of benzene rings is 2. The van der Waals surface area contributed by atoms with Crippen LogP contribution in [0.1, 0.15) is 30.2 Å². The first-order valence-corrected chi connectivity index (χ1v) is 9.42. The highest BCUT2D eigenvalue weighted by Gasteiger charge is 2.31. The highest BCUT2D eigenvalue weighted by Crippen LogP contribution is 2.31. The molecule has 0 aliphatic rings. The van der Waals surface area contributed by atoms with E-state index in [1.54, 1.807) is 30.3 Å². The van der Waals surface area contributed by atoms with Crippen molar-refractivity contribution in [1.82, 2.24) is 9.55 Å². The molecule has 0 N–H and O–H groups in total. The zero-order valence-electron chi connectivity index (χ0n) is 16.5. The minimum atomic E-state index is -4.56. The highest BCUT2D eigenvalue weighted by molar-refractivity contribution is 5.76. The molecule has 160 valence electrons. The van der Waals surface area contributed by atoms with Crippen LogP contribution < -0.4 is 5.56 Å². The van der Waals surface area contributed by atoms with Crippen LogP contribution in [0, 0.1) is 11.3 Å². The number of hydrogen-bond acceptors (Lipinski definition) is 5. The summed E-state index contributed by atoms with van der Waals surface area (Å²) in [5.74, 6) is -0.700. The summed E-state index contributed by atoms with van der Waals surface area (Å²) in [6, 6.07) is 13.8. The molecule has 0 spiro atoms. The third-order valence-corrected chi connectivity index (χ3v) is 4.58. The van der Waals surface area contributed by atoms with E-state index in [-0.39, 0.29) is 36.1 Å². The van der Waals surface area contributed by atoms with Crippen molar-refractivity contribution in [3.63, 3.8) is 0 Å². The summed E-state index contributed by atoms with van der Waals surface area (Å²) >= 11 is 0. The van der Waals surface area contributed by atoms with Gasteiger partial charge < -0.3 is 9.30 Å². The first kappa shape index (κ1) is 22.0. The summed E-state index contributed by atoms with van der Waals surface area (Å²) in [5.41, 5.74) is -0.400. The van der Waals surface area contributed by atoms with Gasteiger partial charge in [-0.1, -0.05) is 30.3 Å². The lowest BCUT2D eigenvalue weighted by atomic mass is 10.1. The Bertz CT molecular complexity index is 1200. The molecule has 0 amide bonds. The van der Waals surface area contributed by atoms with Gasteiger partial charge in [0.05, 0.1) is 29.6 Å². The molecule has 1 atom stereocenters. The van der Waals surface area contributed by atoms with Crippen molar-refractivity contribution in [1.29, 1.82) is 5.26 Å². The molecule has 31 heavy (non-hydrogen) atoms. The van der Waals surface area contributed by atoms with E-state index in [9.17, 15) is 22.8 Å². The maximum absolute atomic E-state index is 13.2. The third kappa shape index (κ3) is 5.28. The molecular formula is C22H18F3N3O3. The predicted octanol–water partition coefficient (Wildman–Crippen LogP) is 3.85. The van der Waals surface area contributed by atoms with E-state index < -0.39 is 29.4 Å². The maximum atomic E-state index is 13.2. The van der Waals surface area contributed by atoms with Crippen LogP contribution in [-0.4, -0.2) is 21.6 Å². The molecule has 0 saturated heterocycles. The summed E-state index contributed by atoms with van der Waals surface area (Å²) in [6.07, 6.45) is -5.87. The van der Waals surface area contributed by atoms with Gasteiger partial charge in [-0.2, -0.15) is 18.4 Å². The van der Waals surface area contributed by atoms with Gasteiger partial charge in [-0.25, -0.2) is 4.98 Å². The number of nitrogens with zero attached hydrogens (tertiary/aromatic N) is 3. The average Bonchev–Trinajstić information content (AvgIpc) is 2.74. The number of hydrogen-bond donors (Lipinski definition) is 0. The number of ether oxygens (including phenoxy) is 1. The Morgan fingerprint density at radius 2 is 1.94 bits per heavy atom. The lowest BCUT2D eigenvalue weighted by Gasteiger charge is -2.14. The Morgan fingerprint density at radius 1 is 1.23 bits per heavy atom. The number of aromatic nitrogens is 2. The molecule has 0 bridgehead atoms. The van der Waals surface area contributed by atoms with E-state index in [4.69, 9.17) is 10.00 Å². The second-order valence-electron chi connectivity index (χ2n) is 6.90. The van der Waals surface area contributed by atoms with E-state index in [0.717, 1.165) is 17.7 Å². The lowest BCUT2D eigenvalue weighted by Crippen LogP contribution is -2.27. The Kier molecular flexibility index (Phi) is 6.39. The fraction of sp³-hybridized carbons (Fsp3) is 0.273. The first-order valence-electron chi connectivity index (χ1n) is 9.42. The van der Waals surface area contributed by atoms with Gasteiger partial charge in [0.15, 0.2) is 6.10 Å². The van der Waals surface area contributed by atoms with Crippen LogP contribution in [-0.2, 0) is 28.7 Å². The van der Waals surface area contributed by atoms with Crippen molar-refractivity contribution in [2.45, 2.75) is 38.6 Å². The van der Waals surface area contributed by atoms with Crippen LogP contribution in [0.2, 0.25) is 0 Å². The smallest absolute Gasteiger partial charge is 0.416 e. The number of alkyl halides is 3.